The largest absolute Gasteiger partial charge is 0.469 e. The van der Waals surface area contributed by atoms with E-state index in [4.69, 9.17) is 14.5 Å². The van der Waals surface area contributed by atoms with Crippen molar-refractivity contribution in [2.75, 3.05) is 31.6 Å². The van der Waals surface area contributed by atoms with E-state index in [9.17, 15) is 4.57 Å². The first-order valence-corrected chi connectivity index (χ1v) is 17.1. The van der Waals surface area contributed by atoms with Gasteiger partial charge in [-0.25, -0.2) is 4.57 Å². The smallest absolute Gasteiger partial charge is 0.456 e. The monoisotopic (exact) mass is 628 g/mol. The third-order valence-electron chi connectivity index (χ3n) is 6.51. The standard InChI is InChI=1S/C25H31NO.C7H13O4P.C3H8.CH5N/c1-6-10-11-19-12-14-21-23(16-19)27-24-17-20(26(8-3)9-4)13-15-22(24)25(21)18(5)7-2;1-3-4-7(2)5-6-11-12(8,9)10;1-3-2;1-2/h7,11-17H,6,8-10H2,1-5H3;3-4H,1,5-6H2,2H3,(H2,8,9,10);3H2,1-2H3;2H2,1H3/b18-7+,19-11-;7-4+;;. The number of fused-ring (bicyclic) bond motifs is 2. The van der Waals surface area contributed by atoms with Gasteiger partial charge in [-0.3, -0.25) is 4.52 Å². The molecule has 2 aromatic carbocycles. The van der Waals surface area contributed by atoms with Crippen LogP contribution < -0.4 is 25.8 Å². The minimum atomic E-state index is -4.29. The predicted molar refractivity (Wildman–Crippen MR) is 190 cm³/mol. The highest BCUT2D eigenvalue weighted by atomic mass is 31.2. The van der Waals surface area contributed by atoms with Crippen molar-refractivity contribution in [2.24, 2.45) is 5.73 Å². The van der Waals surface area contributed by atoms with Crippen LogP contribution in [0.25, 0.3) is 11.6 Å². The number of benzene rings is 2. The second-order valence-electron chi connectivity index (χ2n) is 10.1. The summed E-state index contributed by atoms with van der Waals surface area (Å²) in [6.07, 6.45) is 11.8. The van der Waals surface area contributed by atoms with Crippen LogP contribution in [0.5, 0.6) is 11.5 Å². The molecular weight excluding hydrogens is 571 g/mol. The van der Waals surface area contributed by atoms with E-state index in [-0.39, 0.29) is 6.61 Å². The van der Waals surface area contributed by atoms with Gasteiger partial charge in [0.25, 0.3) is 0 Å². The molecule has 4 N–H and O–H groups in total. The van der Waals surface area contributed by atoms with Gasteiger partial charge in [-0.1, -0.05) is 82.2 Å². The number of allylic oxidation sites excluding steroid dienone is 4. The summed E-state index contributed by atoms with van der Waals surface area (Å²) < 4.78 is 20.8. The molecule has 0 amide bonds. The summed E-state index contributed by atoms with van der Waals surface area (Å²) in [4.78, 5) is 19.0. The minimum Gasteiger partial charge on any atom is -0.456 e. The molecule has 3 rings (SSSR count). The first kappa shape index (κ1) is 41.1. The first-order valence-electron chi connectivity index (χ1n) is 15.6. The Labute approximate surface area is 266 Å². The van der Waals surface area contributed by atoms with E-state index in [0.717, 1.165) is 43.0 Å². The summed E-state index contributed by atoms with van der Waals surface area (Å²) in [6, 6.07) is 13.2. The maximum atomic E-state index is 10.2. The molecule has 2 aromatic rings. The zero-order chi connectivity index (χ0) is 33.7. The van der Waals surface area contributed by atoms with Crippen LogP contribution in [-0.4, -0.2) is 36.5 Å². The zero-order valence-electron chi connectivity index (χ0n) is 28.5. The van der Waals surface area contributed by atoms with Crippen LogP contribution in [0.2, 0.25) is 0 Å². The normalized spacial score (nSPS) is 12.6. The predicted octanol–water partition coefficient (Wildman–Crippen LogP) is 7.99. The quantitative estimate of drug-likeness (QED) is 0.171. The lowest BCUT2D eigenvalue weighted by Crippen LogP contribution is -2.23. The fourth-order valence-electron chi connectivity index (χ4n) is 4.30. The molecule has 0 radical (unpaired) electrons. The maximum Gasteiger partial charge on any atom is 0.469 e. The molecule has 0 spiro atoms. The molecule has 44 heavy (non-hydrogen) atoms. The van der Waals surface area contributed by atoms with E-state index in [1.165, 1.54) is 46.3 Å². The van der Waals surface area contributed by atoms with Gasteiger partial charge in [0.15, 0.2) is 0 Å². The number of rotatable bonds is 11. The number of hydrogen-bond acceptors (Lipinski definition) is 5. The van der Waals surface area contributed by atoms with Gasteiger partial charge >= 0.3 is 7.82 Å². The van der Waals surface area contributed by atoms with Crippen LogP contribution in [0.15, 0.2) is 72.4 Å². The maximum absolute atomic E-state index is 10.2. The average Bonchev–Trinajstić information content (AvgIpc) is 3.00. The zero-order valence-corrected chi connectivity index (χ0v) is 29.4. The van der Waals surface area contributed by atoms with Crippen LogP contribution in [-0.2, 0) is 9.09 Å². The summed E-state index contributed by atoms with van der Waals surface area (Å²) in [5.41, 5.74) is 10.4. The second-order valence-corrected chi connectivity index (χ2v) is 11.3. The lowest BCUT2D eigenvalue weighted by Gasteiger charge is -2.26. The SMILES string of the molecule is C/C=C(\C)C1=c2cc/c(=C/CCC)cc2Oc2cc(N(CC)CC)ccc21.C=C/C=C(\C)CCOP(=O)(O)O.CCC.CN. The van der Waals surface area contributed by atoms with Crippen molar-refractivity contribution in [3.05, 3.63) is 88.4 Å². The number of phosphoric acid groups is 1. The van der Waals surface area contributed by atoms with Gasteiger partial charge in [0.1, 0.15) is 11.5 Å². The summed E-state index contributed by atoms with van der Waals surface area (Å²) in [5.74, 6) is 1.91. The Kier molecular flexibility index (Phi) is 21.1. The number of nitrogens with zero attached hydrogens (tertiary/aromatic N) is 1. The Hall–Kier alpha value is -2.93. The Balaban J connectivity index is 0.000000913. The lowest BCUT2D eigenvalue weighted by atomic mass is 9.92. The molecule has 0 aliphatic carbocycles. The molecular formula is C36H57N2O5P. The molecule has 0 atom stereocenters. The Bertz CT molecular complexity index is 1370. The number of anilines is 1. The van der Waals surface area contributed by atoms with Crippen LogP contribution in [0, 0.1) is 0 Å². The van der Waals surface area contributed by atoms with Crippen molar-refractivity contribution in [3.63, 3.8) is 0 Å². The molecule has 0 saturated carbocycles. The molecule has 1 heterocycles. The van der Waals surface area contributed by atoms with Crippen LogP contribution in [0.1, 0.15) is 86.6 Å². The van der Waals surface area contributed by atoms with Gasteiger partial charge in [0, 0.05) is 35.6 Å². The van der Waals surface area contributed by atoms with E-state index < -0.39 is 7.82 Å². The van der Waals surface area contributed by atoms with Gasteiger partial charge in [-0.15, -0.1) is 0 Å². The second kappa shape index (κ2) is 22.6. The van der Waals surface area contributed by atoms with Crippen molar-refractivity contribution in [1.29, 1.82) is 0 Å². The molecule has 246 valence electrons. The van der Waals surface area contributed by atoms with E-state index in [2.05, 4.69) is 119 Å². The van der Waals surface area contributed by atoms with Crippen molar-refractivity contribution in [3.8, 4) is 11.5 Å². The average molecular weight is 629 g/mol. The van der Waals surface area contributed by atoms with Gasteiger partial charge in [0.05, 0.1) is 6.61 Å². The summed E-state index contributed by atoms with van der Waals surface area (Å²) in [5, 5.41) is 2.42. The van der Waals surface area contributed by atoms with E-state index >= 15 is 0 Å². The number of nitrogens with two attached hydrogens (primary N) is 1. The minimum absolute atomic E-state index is 0.0282. The summed E-state index contributed by atoms with van der Waals surface area (Å²) in [7, 11) is -2.79. The molecule has 0 saturated heterocycles. The van der Waals surface area contributed by atoms with E-state index in [1.54, 1.807) is 12.2 Å². The molecule has 0 bridgehead atoms. The number of phosphoric ester groups is 1. The Morgan fingerprint density at radius 3 is 2.18 bits per heavy atom. The lowest BCUT2D eigenvalue weighted by molar-refractivity contribution is 0.199. The third-order valence-corrected chi connectivity index (χ3v) is 7.03. The molecule has 1 aliphatic heterocycles. The summed E-state index contributed by atoms with van der Waals surface area (Å²) >= 11 is 0. The highest BCUT2D eigenvalue weighted by molar-refractivity contribution is 7.46. The van der Waals surface area contributed by atoms with Crippen LogP contribution >= 0.6 is 7.82 Å². The highest BCUT2D eigenvalue weighted by Gasteiger charge is 2.20. The number of unbranched alkanes of at least 4 members (excludes halogenated alkanes) is 1. The van der Waals surface area contributed by atoms with E-state index in [0.29, 0.717) is 6.42 Å². The Morgan fingerprint density at radius 2 is 1.66 bits per heavy atom. The van der Waals surface area contributed by atoms with Gasteiger partial charge in [0.2, 0.25) is 0 Å². The fraction of sp³-hybridized carbons (Fsp3) is 0.444. The molecule has 7 nitrogen and oxygen atoms in total. The highest BCUT2D eigenvalue weighted by Crippen LogP contribution is 2.38. The van der Waals surface area contributed by atoms with Crippen molar-refractivity contribution >= 4 is 25.2 Å². The first-order chi connectivity index (χ1) is 21.0. The topological polar surface area (TPSA) is 105 Å². The van der Waals surface area contributed by atoms with Crippen LogP contribution in [0.3, 0.4) is 0 Å². The molecule has 0 aromatic heterocycles. The van der Waals surface area contributed by atoms with Gasteiger partial charge < -0.3 is 25.2 Å². The molecule has 0 unspecified atom stereocenters. The molecule has 1 aliphatic rings. The number of hydrogen-bond donors (Lipinski definition) is 3. The van der Waals surface area contributed by atoms with Gasteiger partial charge in [-0.05, 0) is 89.1 Å². The van der Waals surface area contributed by atoms with Crippen molar-refractivity contribution < 1.29 is 23.6 Å². The Morgan fingerprint density at radius 1 is 1.02 bits per heavy atom. The van der Waals surface area contributed by atoms with Gasteiger partial charge in [-0.2, -0.15) is 0 Å². The molecule has 8 heteroatoms. The number of ether oxygens (including phenoxy) is 1. The van der Waals surface area contributed by atoms with E-state index in [1.807, 2.05) is 6.92 Å². The van der Waals surface area contributed by atoms with Crippen molar-refractivity contribution in [2.45, 2.75) is 81.1 Å². The summed E-state index contributed by atoms with van der Waals surface area (Å²) in [6.45, 7) is 22.5. The van der Waals surface area contributed by atoms with Crippen molar-refractivity contribution in [1.82, 2.24) is 0 Å². The van der Waals surface area contributed by atoms with Crippen LogP contribution in [0.4, 0.5) is 5.69 Å². The third kappa shape index (κ3) is 14.2. The molecule has 0 fully saturated rings. The fourth-order valence-corrected chi connectivity index (χ4v) is 4.63.